The minimum Gasteiger partial charge on any atom is -0.462 e. The van der Waals surface area contributed by atoms with Crippen LogP contribution in [0, 0.1) is 11.7 Å². The SMILES string of the molecule is O=C(OCC(CON=C1CN(c2ncc(-c3cccc(CO)c3F)cn2)C1)COC1CCCCO1)c1ccccc1. The molecule has 0 radical (unpaired) electrons. The number of hydrogen-bond donors (Lipinski definition) is 1. The third-order valence-electron chi connectivity index (χ3n) is 6.85. The van der Waals surface area contributed by atoms with E-state index in [9.17, 15) is 14.3 Å². The van der Waals surface area contributed by atoms with Gasteiger partial charge in [0, 0.05) is 35.7 Å². The fourth-order valence-corrected chi connectivity index (χ4v) is 4.46. The van der Waals surface area contributed by atoms with Crippen molar-refractivity contribution in [3.63, 3.8) is 0 Å². The molecule has 0 bridgehead atoms. The average molecular weight is 565 g/mol. The normalized spacial score (nSPS) is 17.5. The number of anilines is 1. The number of aromatic nitrogens is 2. The van der Waals surface area contributed by atoms with Crippen molar-refractivity contribution in [3.8, 4) is 11.1 Å². The lowest BCUT2D eigenvalue weighted by Crippen LogP contribution is -2.48. The summed E-state index contributed by atoms with van der Waals surface area (Å²) in [5.74, 6) is -0.612. The first-order valence-corrected chi connectivity index (χ1v) is 13.7. The summed E-state index contributed by atoms with van der Waals surface area (Å²) in [7, 11) is 0. The maximum atomic E-state index is 14.5. The van der Waals surface area contributed by atoms with E-state index in [0.717, 1.165) is 25.0 Å². The zero-order valence-corrected chi connectivity index (χ0v) is 22.7. The monoisotopic (exact) mass is 564 g/mol. The number of rotatable bonds is 12. The topological polar surface area (TPSA) is 116 Å². The summed E-state index contributed by atoms with van der Waals surface area (Å²) >= 11 is 0. The molecular weight excluding hydrogens is 531 g/mol. The first kappa shape index (κ1) is 28.6. The van der Waals surface area contributed by atoms with Crippen molar-refractivity contribution in [2.75, 3.05) is 44.4 Å². The summed E-state index contributed by atoms with van der Waals surface area (Å²) in [6, 6.07) is 13.7. The Labute approximate surface area is 237 Å². The van der Waals surface area contributed by atoms with E-state index >= 15 is 0 Å². The van der Waals surface area contributed by atoms with Gasteiger partial charge in [-0.2, -0.15) is 0 Å². The van der Waals surface area contributed by atoms with Gasteiger partial charge in [-0.1, -0.05) is 41.6 Å². The molecule has 5 rings (SSSR count). The molecule has 10 nitrogen and oxygen atoms in total. The molecule has 0 aliphatic carbocycles. The van der Waals surface area contributed by atoms with Gasteiger partial charge in [-0.3, -0.25) is 0 Å². The molecule has 2 saturated heterocycles. The number of hydrogen-bond acceptors (Lipinski definition) is 10. The lowest BCUT2D eigenvalue weighted by Gasteiger charge is -2.32. The quantitative estimate of drug-likeness (QED) is 0.258. The number of halogens is 1. The van der Waals surface area contributed by atoms with Crippen LogP contribution in [-0.2, 0) is 25.7 Å². The summed E-state index contributed by atoms with van der Waals surface area (Å²) in [5, 5.41) is 13.5. The van der Waals surface area contributed by atoms with E-state index in [-0.39, 0.29) is 37.6 Å². The minimum absolute atomic E-state index is 0.124. The predicted molar refractivity (Wildman–Crippen MR) is 149 cm³/mol. The highest BCUT2D eigenvalue weighted by atomic mass is 19.1. The maximum absolute atomic E-state index is 14.5. The molecule has 3 aromatic rings. The zero-order valence-electron chi connectivity index (χ0n) is 22.7. The molecule has 41 heavy (non-hydrogen) atoms. The molecule has 2 aliphatic heterocycles. The maximum Gasteiger partial charge on any atom is 0.338 e. The van der Waals surface area contributed by atoms with Crippen LogP contribution >= 0.6 is 0 Å². The van der Waals surface area contributed by atoms with Crippen LogP contribution < -0.4 is 4.90 Å². The lowest BCUT2D eigenvalue weighted by atomic mass is 10.1. The number of oxime groups is 1. The second-order valence-electron chi connectivity index (χ2n) is 9.98. The predicted octanol–water partition coefficient (Wildman–Crippen LogP) is 3.98. The van der Waals surface area contributed by atoms with Crippen LogP contribution in [0.2, 0.25) is 0 Å². The van der Waals surface area contributed by atoms with Gasteiger partial charge in [0.1, 0.15) is 19.0 Å². The van der Waals surface area contributed by atoms with Crippen LogP contribution in [-0.4, -0.2) is 72.6 Å². The van der Waals surface area contributed by atoms with Crippen molar-refractivity contribution in [1.82, 2.24) is 9.97 Å². The molecule has 2 aliphatic rings. The van der Waals surface area contributed by atoms with Crippen LogP contribution in [0.5, 0.6) is 0 Å². The fourth-order valence-electron chi connectivity index (χ4n) is 4.46. The van der Waals surface area contributed by atoms with Gasteiger partial charge in [0.05, 0.1) is 43.5 Å². The van der Waals surface area contributed by atoms with E-state index < -0.39 is 11.8 Å². The van der Waals surface area contributed by atoms with Crippen LogP contribution in [0.25, 0.3) is 11.1 Å². The van der Waals surface area contributed by atoms with Crippen molar-refractivity contribution in [2.24, 2.45) is 11.1 Å². The zero-order chi connectivity index (χ0) is 28.4. The van der Waals surface area contributed by atoms with Crippen LogP contribution in [0.15, 0.2) is 66.1 Å². The summed E-state index contributed by atoms with van der Waals surface area (Å²) < 4.78 is 31.6. The summed E-state index contributed by atoms with van der Waals surface area (Å²) in [6.45, 7) is 1.94. The highest BCUT2D eigenvalue weighted by molar-refractivity contribution is 5.98. The molecule has 11 heteroatoms. The smallest absolute Gasteiger partial charge is 0.338 e. The molecule has 2 unspecified atom stereocenters. The van der Waals surface area contributed by atoms with Gasteiger partial charge in [-0.15, -0.1) is 0 Å². The summed E-state index contributed by atoms with van der Waals surface area (Å²) in [5.41, 5.74) is 2.39. The first-order chi connectivity index (χ1) is 20.1. The Balaban J connectivity index is 1.11. The number of carbonyl (C=O) groups excluding carboxylic acids is 1. The Hall–Kier alpha value is -3.93. The van der Waals surface area contributed by atoms with Gasteiger partial charge >= 0.3 is 5.97 Å². The van der Waals surface area contributed by atoms with E-state index in [1.165, 1.54) is 6.07 Å². The van der Waals surface area contributed by atoms with E-state index in [2.05, 4.69) is 15.1 Å². The highest BCUT2D eigenvalue weighted by Gasteiger charge is 2.26. The average Bonchev–Trinajstić information content (AvgIpc) is 3.00. The largest absolute Gasteiger partial charge is 0.462 e. The summed E-state index contributed by atoms with van der Waals surface area (Å²) in [4.78, 5) is 28.7. The highest BCUT2D eigenvalue weighted by Crippen LogP contribution is 2.25. The van der Waals surface area contributed by atoms with Crippen molar-refractivity contribution in [2.45, 2.75) is 32.2 Å². The number of carbonyl (C=O) groups is 1. The molecule has 2 fully saturated rings. The van der Waals surface area contributed by atoms with Gasteiger partial charge < -0.3 is 29.1 Å². The molecule has 216 valence electrons. The van der Waals surface area contributed by atoms with Crippen molar-refractivity contribution >= 4 is 17.6 Å². The van der Waals surface area contributed by atoms with Gasteiger partial charge in [0.25, 0.3) is 0 Å². The lowest BCUT2D eigenvalue weighted by molar-refractivity contribution is -0.173. The third-order valence-corrected chi connectivity index (χ3v) is 6.85. The Kier molecular flexibility index (Phi) is 9.84. The van der Waals surface area contributed by atoms with Crippen molar-refractivity contribution in [1.29, 1.82) is 0 Å². The molecule has 2 atom stereocenters. The molecule has 0 amide bonds. The number of benzene rings is 2. The Bertz CT molecular complexity index is 1310. The fraction of sp³-hybridized carbons (Fsp3) is 0.400. The molecule has 3 heterocycles. The molecule has 1 N–H and O–H groups in total. The number of ether oxygens (including phenoxy) is 3. The second-order valence-corrected chi connectivity index (χ2v) is 9.98. The van der Waals surface area contributed by atoms with Crippen LogP contribution in [0.3, 0.4) is 0 Å². The van der Waals surface area contributed by atoms with E-state index in [1.807, 2.05) is 11.0 Å². The number of aliphatic hydroxyl groups excluding tert-OH is 1. The van der Waals surface area contributed by atoms with Crippen molar-refractivity contribution < 1.29 is 33.3 Å². The Morgan fingerprint density at radius 3 is 2.61 bits per heavy atom. The third kappa shape index (κ3) is 7.63. The van der Waals surface area contributed by atoms with E-state index in [0.29, 0.717) is 48.9 Å². The minimum atomic E-state index is -0.480. The van der Waals surface area contributed by atoms with E-state index in [4.69, 9.17) is 19.0 Å². The second kappa shape index (κ2) is 14.1. The Morgan fingerprint density at radius 1 is 1.07 bits per heavy atom. The van der Waals surface area contributed by atoms with Crippen molar-refractivity contribution in [3.05, 3.63) is 77.9 Å². The van der Waals surface area contributed by atoms with Crippen LogP contribution in [0.4, 0.5) is 10.3 Å². The first-order valence-electron chi connectivity index (χ1n) is 13.7. The van der Waals surface area contributed by atoms with Gasteiger partial charge in [-0.05, 0) is 31.4 Å². The van der Waals surface area contributed by atoms with Gasteiger partial charge in [0.15, 0.2) is 6.29 Å². The molecular formula is C30H33FN4O6. The molecule has 2 aromatic carbocycles. The van der Waals surface area contributed by atoms with Gasteiger partial charge in [-0.25, -0.2) is 19.2 Å². The molecule has 0 spiro atoms. The molecule has 1 aromatic heterocycles. The van der Waals surface area contributed by atoms with Crippen LogP contribution in [0.1, 0.15) is 35.2 Å². The standard InChI is InChI=1S/C30H33FN4O6/c31-28-23(17-36)9-6-10-26(28)24-13-32-30(33-14-24)35-15-25(16-35)34-41-20-21(18-39-27-11-4-5-12-38-27)19-40-29(37)22-7-2-1-3-8-22/h1-3,6-10,13-14,21,27,36H,4-5,11-12,15-20H2. The van der Waals surface area contributed by atoms with E-state index in [1.54, 1.807) is 48.8 Å². The Morgan fingerprint density at radius 2 is 1.88 bits per heavy atom. The number of nitrogens with zero attached hydrogens (tertiary/aromatic N) is 4. The number of esters is 1. The summed E-state index contributed by atoms with van der Waals surface area (Å²) in [6.07, 6.45) is 5.78. The van der Waals surface area contributed by atoms with Gasteiger partial charge in [0.2, 0.25) is 5.95 Å². The molecule has 0 saturated carbocycles. The number of aliphatic hydroxyl groups is 1.